The fourth-order valence-corrected chi connectivity index (χ4v) is 3.61. The summed E-state index contributed by atoms with van der Waals surface area (Å²) in [6, 6.07) is 0.897. The van der Waals surface area contributed by atoms with Crippen LogP contribution in [0, 0.1) is 0 Å². The molecule has 0 unspecified atom stereocenters. The number of nitrogens with one attached hydrogen (secondary N) is 2. The monoisotopic (exact) mass is 280 g/mol. The third-order valence-corrected chi connectivity index (χ3v) is 4.88. The Hall–Kier alpha value is -0.730. The van der Waals surface area contributed by atoms with Gasteiger partial charge in [0.2, 0.25) is 0 Å². The van der Waals surface area contributed by atoms with Gasteiger partial charge in [0, 0.05) is 12.1 Å². The normalized spacial score (nSPS) is 24.0. The summed E-state index contributed by atoms with van der Waals surface area (Å²) in [7, 11) is 0. The zero-order valence-electron chi connectivity index (χ0n) is 13.0. The predicted molar refractivity (Wildman–Crippen MR) is 83.9 cm³/mol. The maximum Gasteiger partial charge on any atom is 0.315 e. The lowest BCUT2D eigenvalue weighted by atomic mass is 9.96. The second kappa shape index (κ2) is 9.25. The third kappa shape index (κ3) is 6.15. The Morgan fingerprint density at radius 3 is 1.20 bits per heavy atom. The molecule has 0 spiro atoms. The number of carbonyl (C=O) groups excluding carboxylic acids is 1. The number of hydrogen-bond donors (Lipinski definition) is 2. The van der Waals surface area contributed by atoms with Crippen molar-refractivity contribution in [1.29, 1.82) is 0 Å². The fraction of sp³-hybridized carbons (Fsp3) is 0.941. The van der Waals surface area contributed by atoms with E-state index in [2.05, 4.69) is 10.6 Å². The van der Waals surface area contributed by atoms with Crippen LogP contribution >= 0.6 is 0 Å². The number of rotatable bonds is 2. The van der Waals surface area contributed by atoms with Crippen molar-refractivity contribution in [2.45, 2.75) is 102 Å². The van der Waals surface area contributed by atoms with E-state index in [-0.39, 0.29) is 6.03 Å². The molecule has 0 atom stereocenters. The maximum atomic E-state index is 12.2. The van der Waals surface area contributed by atoms with Crippen molar-refractivity contribution >= 4 is 6.03 Å². The first-order valence-electron chi connectivity index (χ1n) is 8.91. The molecule has 2 amide bonds. The number of amides is 2. The minimum atomic E-state index is 0.0844. The topological polar surface area (TPSA) is 41.1 Å². The summed E-state index contributed by atoms with van der Waals surface area (Å²) in [6.07, 6.45) is 17.8. The van der Waals surface area contributed by atoms with E-state index in [0.29, 0.717) is 12.1 Å². The van der Waals surface area contributed by atoms with E-state index < -0.39 is 0 Å². The molecule has 0 aliphatic heterocycles. The van der Waals surface area contributed by atoms with Crippen LogP contribution in [-0.4, -0.2) is 18.1 Å². The minimum Gasteiger partial charge on any atom is -0.335 e. The van der Waals surface area contributed by atoms with Crippen LogP contribution in [0.2, 0.25) is 0 Å². The maximum absolute atomic E-state index is 12.2. The van der Waals surface area contributed by atoms with Crippen molar-refractivity contribution in [1.82, 2.24) is 10.6 Å². The van der Waals surface area contributed by atoms with Crippen molar-refractivity contribution in [2.24, 2.45) is 0 Å². The largest absolute Gasteiger partial charge is 0.335 e. The molecular formula is C17H32N2O. The van der Waals surface area contributed by atoms with Gasteiger partial charge >= 0.3 is 6.03 Å². The first-order chi connectivity index (χ1) is 9.84. The Bertz CT molecular complexity index is 238. The molecule has 2 aliphatic rings. The van der Waals surface area contributed by atoms with Gasteiger partial charge in [-0.15, -0.1) is 0 Å². The first kappa shape index (κ1) is 15.7. The molecule has 0 radical (unpaired) electrons. The summed E-state index contributed by atoms with van der Waals surface area (Å²) < 4.78 is 0. The van der Waals surface area contributed by atoms with Crippen molar-refractivity contribution in [3.8, 4) is 0 Å². The van der Waals surface area contributed by atoms with E-state index >= 15 is 0 Å². The van der Waals surface area contributed by atoms with Crippen LogP contribution in [-0.2, 0) is 0 Å². The van der Waals surface area contributed by atoms with Crippen LogP contribution < -0.4 is 10.6 Å². The molecular weight excluding hydrogens is 248 g/mol. The Labute approximate surface area is 124 Å². The molecule has 3 heteroatoms. The highest BCUT2D eigenvalue weighted by molar-refractivity contribution is 5.74. The molecule has 2 N–H and O–H groups in total. The minimum absolute atomic E-state index is 0.0844. The number of hydrogen-bond acceptors (Lipinski definition) is 1. The zero-order valence-corrected chi connectivity index (χ0v) is 13.0. The predicted octanol–water partition coefficient (Wildman–Crippen LogP) is 4.51. The van der Waals surface area contributed by atoms with Crippen molar-refractivity contribution in [3.63, 3.8) is 0 Å². The second-order valence-electron chi connectivity index (χ2n) is 6.70. The average molecular weight is 280 g/mol. The standard InChI is InChI=1S/C17H32N2O/c20-17(18-15-11-7-3-1-4-8-12-15)19-16-13-9-5-2-6-10-14-16/h15-16H,1-14H2,(H2,18,19,20). The lowest BCUT2D eigenvalue weighted by Crippen LogP contribution is -2.46. The molecule has 0 aromatic rings. The van der Waals surface area contributed by atoms with Crippen LogP contribution in [0.1, 0.15) is 89.9 Å². The van der Waals surface area contributed by atoms with Crippen molar-refractivity contribution in [3.05, 3.63) is 0 Å². The van der Waals surface area contributed by atoms with Crippen LogP contribution in [0.5, 0.6) is 0 Å². The summed E-state index contributed by atoms with van der Waals surface area (Å²) in [5.41, 5.74) is 0. The highest BCUT2D eigenvalue weighted by Gasteiger charge is 2.17. The van der Waals surface area contributed by atoms with Crippen LogP contribution in [0.25, 0.3) is 0 Å². The molecule has 2 saturated carbocycles. The summed E-state index contributed by atoms with van der Waals surface area (Å²) in [5, 5.41) is 6.44. The van der Waals surface area contributed by atoms with Crippen LogP contribution in [0.3, 0.4) is 0 Å². The molecule has 3 nitrogen and oxygen atoms in total. The SMILES string of the molecule is O=C(NC1CCCCCCC1)NC1CCCCCCC1. The van der Waals surface area contributed by atoms with Gasteiger partial charge in [0.05, 0.1) is 0 Å². The lowest BCUT2D eigenvalue weighted by Gasteiger charge is -2.25. The lowest BCUT2D eigenvalue weighted by molar-refractivity contribution is 0.227. The Morgan fingerprint density at radius 2 is 0.850 bits per heavy atom. The van der Waals surface area contributed by atoms with Crippen LogP contribution in [0.15, 0.2) is 0 Å². The van der Waals surface area contributed by atoms with E-state index in [4.69, 9.17) is 0 Å². The van der Waals surface area contributed by atoms with Gasteiger partial charge in [0.25, 0.3) is 0 Å². The Balaban J connectivity index is 1.69. The van der Waals surface area contributed by atoms with E-state index in [1.807, 2.05) is 0 Å². The summed E-state index contributed by atoms with van der Waals surface area (Å²) >= 11 is 0. The quantitative estimate of drug-likeness (QED) is 0.767. The summed E-state index contributed by atoms with van der Waals surface area (Å²) in [6.45, 7) is 0. The molecule has 0 saturated heterocycles. The van der Waals surface area contributed by atoms with Gasteiger partial charge in [-0.3, -0.25) is 0 Å². The van der Waals surface area contributed by atoms with E-state index in [1.54, 1.807) is 0 Å². The smallest absolute Gasteiger partial charge is 0.315 e. The van der Waals surface area contributed by atoms with Crippen molar-refractivity contribution < 1.29 is 4.79 Å². The molecule has 0 bridgehead atoms. The van der Waals surface area contributed by atoms with E-state index in [1.165, 1.54) is 64.2 Å². The highest BCUT2D eigenvalue weighted by Crippen LogP contribution is 2.18. The third-order valence-electron chi connectivity index (χ3n) is 4.88. The summed E-state index contributed by atoms with van der Waals surface area (Å²) in [5.74, 6) is 0. The fourth-order valence-electron chi connectivity index (χ4n) is 3.61. The zero-order chi connectivity index (χ0) is 14.0. The van der Waals surface area contributed by atoms with E-state index in [0.717, 1.165) is 25.7 Å². The van der Waals surface area contributed by atoms with Gasteiger partial charge in [-0.2, -0.15) is 0 Å². The van der Waals surface area contributed by atoms with E-state index in [9.17, 15) is 4.79 Å². The Morgan fingerprint density at radius 1 is 0.550 bits per heavy atom. The van der Waals surface area contributed by atoms with Gasteiger partial charge in [-0.1, -0.05) is 64.2 Å². The average Bonchev–Trinajstić information content (AvgIpc) is 2.35. The molecule has 2 fully saturated rings. The van der Waals surface area contributed by atoms with Gasteiger partial charge in [0.1, 0.15) is 0 Å². The van der Waals surface area contributed by atoms with Gasteiger partial charge in [-0.05, 0) is 25.7 Å². The number of urea groups is 1. The molecule has 0 heterocycles. The van der Waals surface area contributed by atoms with Gasteiger partial charge in [0.15, 0.2) is 0 Å². The molecule has 2 aliphatic carbocycles. The Kier molecular flexibility index (Phi) is 7.24. The van der Waals surface area contributed by atoms with Gasteiger partial charge < -0.3 is 10.6 Å². The molecule has 0 aromatic heterocycles. The molecule has 116 valence electrons. The number of carbonyl (C=O) groups is 1. The summed E-state index contributed by atoms with van der Waals surface area (Å²) in [4.78, 5) is 12.2. The molecule has 20 heavy (non-hydrogen) atoms. The van der Waals surface area contributed by atoms with Gasteiger partial charge in [-0.25, -0.2) is 4.79 Å². The highest BCUT2D eigenvalue weighted by atomic mass is 16.2. The molecule has 2 rings (SSSR count). The second-order valence-corrected chi connectivity index (χ2v) is 6.70. The van der Waals surface area contributed by atoms with Crippen molar-refractivity contribution in [2.75, 3.05) is 0 Å². The first-order valence-corrected chi connectivity index (χ1v) is 8.91. The molecule has 0 aromatic carbocycles. The van der Waals surface area contributed by atoms with Crippen LogP contribution in [0.4, 0.5) is 4.79 Å².